The summed E-state index contributed by atoms with van der Waals surface area (Å²) in [6, 6.07) is 11.0. The minimum Gasteiger partial charge on any atom is -0.495 e. The standard InChI is InChI=1S/C20H22BrN3O3S.ClH/c1-23(2)11-12-24(19(25)13-5-7-14(21)8-6-13)20-22-17-15(26-3)9-10-16(27-4)18(17)28-20;/h5-10H,11-12H2,1-4H3;1H. The number of nitrogens with zero attached hydrogens (tertiary/aromatic N) is 3. The van der Waals surface area contributed by atoms with Gasteiger partial charge in [0.15, 0.2) is 5.13 Å². The molecule has 0 aliphatic rings. The molecule has 0 fully saturated rings. The number of methoxy groups -OCH3 is 2. The van der Waals surface area contributed by atoms with E-state index in [1.165, 1.54) is 11.3 Å². The topological polar surface area (TPSA) is 54.9 Å². The molecule has 0 spiro atoms. The van der Waals surface area contributed by atoms with Crippen LogP contribution in [0.2, 0.25) is 0 Å². The Morgan fingerprint density at radius 1 is 1.03 bits per heavy atom. The zero-order valence-corrected chi connectivity index (χ0v) is 19.9. The van der Waals surface area contributed by atoms with Crippen molar-refractivity contribution in [3.05, 3.63) is 46.4 Å². The van der Waals surface area contributed by atoms with Gasteiger partial charge in [0.05, 0.1) is 14.2 Å². The summed E-state index contributed by atoms with van der Waals surface area (Å²) in [7, 11) is 7.19. The molecule has 0 aliphatic heterocycles. The molecule has 156 valence electrons. The van der Waals surface area contributed by atoms with E-state index in [2.05, 4.69) is 15.9 Å². The van der Waals surface area contributed by atoms with Crippen molar-refractivity contribution in [1.82, 2.24) is 9.88 Å². The van der Waals surface area contributed by atoms with Crippen LogP contribution in [-0.2, 0) is 0 Å². The molecule has 1 aromatic heterocycles. The molecule has 0 saturated carbocycles. The lowest BCUT2D eigenvalue weighted by Gasteiger charge is -2.22. The average Bonchev–Trinajstić information content (AvgIpc) is 3.12. The molecule has 0 unspecified atom stereocenters. The van der Waals surface area contributed by atoms with Gasteiger partial charge in [-0.2, -0.15) is 0 Å². The number of carbonyl (C=O) groups excluding carboxylic acids is 1. The molecule has 0 saturated heterocycles. The summed E-state index contributed by atoms with van der Waals surface area (Å²) < 4.78 is 12.7. The van der Waals surface area contributed by atoms with Gasteiger partial charge in [-0.1, -0.05) is 27.3 Å². The Hall–Kier alpha value is -1.87. The van der Waals surface area contributed by atoms with Crippen molar-refractivity contribution in [3.8, 4) is 11.5 Å². The fourth-order valence-electron chi connectivity index (χ4n) is 2.72. The van der Waals surface area contributed by atoms with E-state index in [0.29, 0.717) is 40.8 Å². The maximum Gasteiger partial charge on any atom is 0.260 e. The van der Waals surface area contributed by atoms with Crippen molar-refractivity contribution in [2.45, 2.75) is 0 Å². The molecule has 1 heterocycles. The molecule has 0 atom stereocenters. The van der Waals surface area contributed by atoms with Crippen LogP contribution in [0.4, 0.5) is 5.13 Å². The second kappa shape index (κ2) is 10.2. The Morgan fingerprint density at radius 2 is 1.66 bits per heavy atom. The van der Waals surface area contributed by atoms with Crippen LogP contribution in [-0.4, -0.2) is 57.2 Å². The second-order valence-corrected chi connectivity index (χ2v) is 8.30. The number of benzene rings is 2. The number of ether oxygens (including phenoxy) is 2. The monoisotopic (exact) mass is 499 g/mol. The third kappa shape index (κ3) is 5.19. The van der Waals surface area contributed by atoms with Gasteiger partial charge in [-0.3, -0.25) is 9.69 Å². The molecule has 6 nitrogen and oxygen atoms in total. The molecular weight excluding hydrogens is 478 g/mol. The molecule has 9 heteroatoms. The van der Waals surface area contributed by atoms with Gasteiger partial charge >= 0.3 is 0 Å². The molecule has 3 rings (SSSR count). The van der Waals surface area contributed by atoms with E-state index >= 15 is 0 Å². The zero-order valence-electron chi connectivity index (χ0n) is 16.6. The van der Waals surface area contributed by atoms with E-state index in [1.807, 2.05) is 55.4 Å². The molecule has 1 amide bonds. The first-order valence-electron chi connectivity index (χ1n) is 8.68. The van der Waals surface area contributed by atoms with Crippen molar-refractivity contribution < 1.29 is 14.3 Å². The van der Waals surface area contributed by atoms with Gasteiger partial charge in [0.1, 0.15) is 21.7 Å². The molecular formula is C20H23BrClN3O3S. The van der Waals surface area contributed by atoms with E-state index in [1.54, 1.807) is 19.1 Å². The van der Waals surface area contributed by atoms with Crippen LogP contribution in [0.3, 0.4) is 0 Å². The Bertz CT molecular complexity index is 938. The van der Waals surface area contributed by atoms with E-state index in [-0.39, 0.29) is 18.3 Å². The summed E-state index contributed by atoms with van der Waals surface area (Å²) >= 11 is 4.84. The summed E-state index contributed by atoms with van der Waals surface area (Å²) in [5.74, 6) is 1.27. The maximum atomic E-state index is 13.3. The maximum absolute atomic E-state index is 13.3. The van der Waals surface area contributed by atoms with Crippen molar-refractivity contribution in [3.63, 3.8) is 0 Å². The second-order valence-electron chi connectivity index (χ2n) is 6.41. The average molecular weight is 501 g/mol. The zero-order chi connectivity index (χ0) is 20.3. The lowest BCUT2D eigenvalue weighted by Crippen LogP contribution is -2.36. The highest BCUT2D eigenvalue weighted by Crippen LogP contribution is 2.40. The van der Waals surface area contributed by atoms with Crippen molar-refractivity contribution in [1.29, 1.82) is 0 Å². The van der Waals surface area contributed by atoms with Crippen molar-refractivity contribution in [2.24, 2.45) is 0 Å². The summed E-state index contributed by atoms with van der Waals surface area (Å²) in [6.45, 7) is 1.23. The van der Waals surface area contributed by atoms with Crippen molar-refractivity contribution in [2.75, 3.05) is 46.3 Å². The predicted molar refractivity (Wildman–Crippen MR) is 124 cm³/mol. The predicted octanol–water partition coefficient (Wildman–Crippen LogP) is 4.71. The first-order chi connectivity index (χ1) is 13.4. The van der Waals surface area contributed by atoms with Crippen LogP contribution in [0.1, 0.15) is 10.4 Å². The third-order valence-electron chi connectivity index (χ3n) is 4.24. The van der Waals surface area contributed by atoms with E-state index in [4.69, 9.17) is 14.5 Å². The van der Waals surface area contributed by atoms with Crippen LogP contribution in [0.15, 0.2) is 40.9 Å². The van der Waals surface area contributed by atoms with Gasteiger partial charge in [-0.15, -0.1) is 12.4 Å². The lowest BCUT2D eigenvalue weighted by molar-refractivity contribution is 0.0985. The minimum absolute atomic E-state index is 0. The Balaban J connectivity index is 0.00000300. The van der Waals surface area contributed by atoms with E-state index in [0.717, 1.165) is 9.17 Å². The SMILES string of the molecule is COc1ccc(OC)c2sc(N(CCN(C)C)C(=O)c3ccc(Br)cc3)nc12.Cl. The highest BCUT2D eigenvalue weighted by Gasteiger charge is 2.23. The first kappa shape index (κ1) is 23.4. The molecule has 0 N–H and O–H groups in total. The van der Waals surface area contributed by atoms with Gasteiger partial charge < -0.3 is 14.4 Å². The highest BCUT2D eigenvalue weighted by atomic mass is 79.9. The Labute approximate surface area is 189 Å². The van der Waals surface area contributed by atoms with Crippen LogP contribution >= 0.6 is 39.7 Å². The van der Waals surface area contributed by atoms with Gasteiger partial charge in [-0.25, -0.2) is 4.98 Å². The van der Waals surface area contributed by atoms with Gasteiger partial charge in [0.25, 0.3) is 5.91 Å². The molecule has 3 aromatic rings. The fourth-order valence-corrected chi connectivity index (χ4v) is 4.09. The number of hydrogen-bond acceptors (Lipinski definition) is 6. The van der Waals surface area contributed by atoms with E-state index < -0.39 is 0 Å². The molecule has 2 aromatic carbocycles. The number of aromatic nitrogens is 1. The number of hydrogen-bond donors (Lipinski definition) is 0. The summed E-state index contributed by atoms with van der Waals surface area (Å²) in [5.41, 5.74) is 1.31. The number of amides is 1. The lowest BCUT2D eigenvalue weighted by atomic mass is 10.2. The molecule has 29 heavy (non-hydrogen) atoms. The largest absolute Gasteiger partial charge is 0.495 e. The van der Waals surface area contributed by atoms with Crippen LogP contribution in [0, 0.1) is 0 Å². The summed E-state index contributed by atoms with van der Waals surface area (Å²) in [6.07, 6.45) is 0. The van der Waals surface area contributed by atoms with Gasteiger partial charge in [-0.05, 0) is 50.5 Å². The summed E-state index contributed by atoms with van der Waals surface area (Å²) in [4.78, 5) is 21.7. The fraction of sp³-hybridized carbons (Fsp3) is 0.300. The van der Waals surface area contributed by atoms with Crippen LogP contribution < -0.4 is 14.4 Å². The normalized spacial score (nSPS) is 10.7. The molecule has 0 bridgehead atoms. The number of rotatable bonds is 7. The van der Waals surface area contributed by atoms with Gasteiger partial charge in [0, 0.05) is 23.1 Å². The number of fused-ring (bicyclic) bond motifs is 1. The van der Waals surface area contributed by atoms with Crippen molar-refractivity contribution >= 4 is 60.9 Å². The Morgan fingerprint density at radius 3 is 2.24 bits per heavy atom. The van der Waals surface area contributed by atoms with Crippen LogP contribution in [0.25, 0.3) is 10.2 Å². The number of carbonyl (C=O) groups is 1. The first-order valence-corrected chi connectivity index (χ1v) is 10.3. The number of halogens is 2. The third-order valence-corrected chi connectivity index (χ3v) is 5.86. The minimum atomic E-state index is -0.0914. The van der Waals surface area contributed by atoms with Crippen LogP contribution in [0.5, 0.6) is 11.5 Å². The quantitative estimate of drug-likeness (QED) is 0.470. The van der Waals surface area contributed by atoms with E-state index in [9.17, 15) is 4.79 Å². The molecule has 0 aliphatic carbocycles. The smallest absolute Gasteiger partial charge is 0.260 e. The number of likely N-dealkylation sites (N-methyl/N-ethyl adjacent to an activating group) is 1. The number of anilines is 1. The summed E-state index contributed by atoms with van der Waals surface area (Å²) in [5, 5.41) is 0.618. The Kier molecular flexibility index (Phi) is 8.27. The number of thiazole rings is 1. The highest BCUT2D eigenvalue weighted by molar-refractivity contribution is 9.10. The van der Waals surface area contributed by atoms with Gasteiger partial charge in [0.2, 0.25) is 0 Å². The molecule has 0 radical (unpaired) electrons.